The Bertz CT molecular complexity index is 216. The van der Waals surface area contributed by atoms with Crippen molar-refractivity contribution < 1.29 is 8.42 Å². The van der Waals surface area contributed by atoms with Gasteiger partial charge in [-0.25, -0.2) is 8.42 Å². The second-order valence-corrected chi connectivity index (χ2v) is 5.78. The zero-order chi connectivity index (χ0) is 7.94. The highest BCUT2D eigenvalue weighted by molar-refractivity contribution is 7.91. The fraction of sp³-hybridized carbons (Fsp3) is 1.00. The third-order valence-corrected chi connectivity index (χ3v) is 3.83. The second-order valence-electron chi connectivity index (χ2n) is 3.51. The third-order valence-electron chi connectivity index (χ3n) is 2.19. The van der Waals surface area contributed by atoms with Gasteiger partial charge in [0.05, 0.1) is 5.25 Å². The van der Waals surface area contributed by atoms with Crippen molar-refractivity contribution in [2.45, 2.75) is 25.5 Å². The molecule has 0 bridgehead atoms. The quantitative estimate of drug-likeness (QED) is 0.608. The van der Waals surface area contributed by atoms with Crippen molar-refractivity contribution in [3.63, 3.8) is 0 Å². The van der Waals surface area contributed by atoms with Gasteiger partial charge in [-0.1, -0.05) is 13.8 Å². The second kappa shape index (κ2) is 2.22. The summed E-state index contributed by atoms with van der Waals surface area (Å²) in [7, 11) is -2.72. The molecule has 3 heteroatoms. The first kappa shape index (κ1) is 8.05. The van der Waals surface area contributed by atoms with Crippen molar-refractivity contribution >= 4 is 9.84 Å². The Morgan fingerprint density at radius 2 is 1.90 bits per heavy atom. The minimum atomic E-state index is -2.72. The summed E-state index contributed by atoms with van der Waals surface area (Å²) in [5.41, 5.74) is 0. The van der Waals surface area contributed by atoms with Crippen molar-refractivity contribution in [2.75, 3.05) is 6.26 Å². The standard InChI is InChI=1S/C7H14O2S/c1-5(2)6-4-7(6)10(3,8)9/h5-7H,4H2,1-3H3/t6-,7-/m0/s1. The molecular weight excluding hydrogens is 148 g/mol. The summed E-state index contributed by atoms with van der Waals surface area (Å²) in [6.07, 6.45) is 2.22. The van der Waals surface area contributed by atoms with Gasteiger partial charge >= 0.3 is 0 Å². The van der Waals surface area contributed by atoms with Crippen LogP contribution < -0.4 is 0 Å². The van der Waals surface area contributed by atoms with Crippen molar-refractivity contribution in [1.29, 1.82) is 0 Å². The minimum Gasteiger partial charge on any atom is -0.229 e. The van der Waals surface area contributed by atoms with Gasteiger partial charge in [0.1, 0.15) is 0 Å². The van der Waals surface area contributed by atoms with Crippen LogP contribution in [0, 0.1) is 11.8 Å². The Kier molecular flexibility index (Phi) is 1.79. The zero-order valence-corrected chi connectivity index (χ0v) is 7.48. The molecule has 0 heterocycles. The molecule has 1 aliphatic carbocycles. The summed E-state index contributed by atoms with van der Waals surface area (Å²) in [4.78, 5) is 0. The van der Waals surface area contributed by atoms with Crippen LogP contribution in [-0.2, 0) is 9.84 Å². The predicted octanol–water partition coefficient (Wildman–Crippen LogP) is 1.08. The van der Waals surface area contributed by atoms with Gasteiger partial charge in [0, 0.05) is 6.26 Å². The lowest BCUT2D eigenvalue weighted by Crippen LogP contribution is -2.08. The summed E-state index contributed by atoms with van der Waals surface area (Å²) >= 11 is 0. The van der Waals surface area contributed by atoms with E-state index >= 15 is 0 Å². The lowest BCUT2D eigenvalue weighted by molar-refractivity contribution is 0.551. The van der Waals surface area contributed by atoms with Gasteiger partial charge in [-0.15, -0.1) is 0 Å². The van der Waals surface area contributed by atoms with E-state index < -0.39 is 9.84 Å². The predicted molar refractivity (Wildman–Crippen MR) is 41.6 cm³/mol. The highest BCUT2D eigenvalue weighted by Crippen LogP contribution is 2.42. The molecule has 0 aliphatic heterocycles. The number of hydrogen-bond acceptors (Lipinski definition) is 2. The van der Waals surface area contributed by atoms with Gasteiger partial charge in [-0.3, -0.25) is 0 Å². The van der Waals surface area contributed by atoms with Crippen molar-refractivity contribution in [1.82, 2.24) is 0 Å². The van der Waals surface area contributed by atoms with Crippen LogP contribution >= 0.6 is 0 Å². The maximum Gasteiger partial charge on any atom is 0.150 e. The van der Waals surface area contributed by atoms with Crippen LogP contribution in [0.1, 0.15) is 20.3 Å². The van der Waals surface area contributed by atoms with Crippen LogP contribution in [0.3, 0.4) is 0 Å². The van der Waals surface area contributed by atoms with Crippen molar-refractivity contribution in [3.05, 3.63) is 0 Å². The van der Waals surface area contributed by atoms with E-state index in [1.54, 1.807) is 0 Å². The molecule has 0 aromatic rings. The van der Waals surface area contributed by atoms with E-state index in [1.807, 2.05) is 0 Å². The molecule has 0 spiro atoms. The smallest absolute Gasteiger partial charge is 0.150 e. The van der Waals surface area contributed by atoms with Gasteiger partial charge in [0.25, 0.3) is 0 Å². The van der Waals surface area contributed by atoms with E-state index in [2.05, 4.69) is 13.8 Å². The molecule has 0 aromatic heterocycles. The summed E-state index contributed by atoms with van der Waals surface area (Å²) in [6, 6.07) is 0. The third kappa shape index (κ3) is 1.51. The van der Waals surface area contributed by atoms with Crippen LogP contribution in [0.4, 0.5) is 0 Å². The van der Waals surface area contributed by atoms with E-state index in [9.17, 15) is 8.42 Å². The summed E-state index contributed by atoms with van der Waals surface area (Å²) < 4.78 is 21.8. The monoisotopic (exact) mass is 162 g/mol. The molecule has 0 unspecified atom stereocenters. The molecule has 2 atom stereocenters. The summed E-state index contributed by atoms with van der Waals surface area (Å²) in [5, 5.41) is -0.0208. The van der Waals surface area contributed by atoms with E-state index in [-0.39, 0.29) is 5.25 Å². The number of rotatable bonds is 2. The Hall–Kier alpha value is -0.0500. The van der Waals surface area contributed by atoms with Gasteiger partial charge in [0.15, 0.2) is 9.84 Å². The van der Waals surface area contributed by atoms with Gasteiger partial charge < -0.3 is 0 Å². The van der Waals surface area contributed by atoms with Crippen molar-refractivity contribution in [2.24, 2.45) is 11.8 Å². The lowest BCUT2D eigenvalue weighted by atomic mass is 10.1. The molecule has 0 N–H and O–H groups in total. The first-order valence-electron chi connectivity index (χ1n) is 3.62. The van der Waals surface area contributed by atoms with E-state index in [4.69, 9.17) is 0 Å². The molecule has 2 nitrogen and oxygen atoms in total. The van der Waals surface area contributed by atoms with Crippen LogP contribution in [0.15, 0.2) is 0 Å². The van der Waals surface area contributed by atoms with E-state index in [1.165, 1.54) is 6.26 Å². The number of hydrogen-bond donors (Lipinski definition) is 0. The molecule has 0 radical (unpaired) electrons. The average molecular weight is 162 g/mol. The maximum absolute atomic E-state index is 10.9. The normalized spacial score (nSPS) is 32.8. The minimum absolute atomic E-state index is 0.0208. The SMILES string of the molecule is CC(C)[C@@H]1C[C@@H]1S(C)(=O)=O. The molecular formula is C7H14O2S. The molecule has 0 aromatic carbocycles. The van der Waals surface area contributed by atoms with Crippen molar-refractivity contribution in [3.8, 4) is 0 Å². The van der Waals surface area contributed by atoms with Gasteiger partial charge in [-0.2, -0.15) is 0 Å². The first-order valence-corrected chi connectivity index (χ1v) is 5.57. The molecule has 1 aliphatic rings. The van der Waals surface area contributed by atoms with Gasteiger partial charge in [-0.05, 0) is 18.3 Å². The first-order chi connectivity index (χ1) is 4.43. The van der Waals surface area contributed by atoms with Crippen LogP contribution in [0.25, 0.3) is 0 Å². The largest absolute Gasteiger partial charge is 0.229 e. The molecule has 0 saturated heterocycles. The average Bonchev–Trinajstić information content (AvgIpc) is 2.35. The topological polar surface area (TPSA) is 34.1 Å². The molecule has 0 amide bonds. The molecule has 10 heavy (non-hydrogen) atoms. The Morgan fingerprint density at radius 1 is 1.40 bits per heavy atom. The molecule has 1 rings (SSSR count). The molecule has 60 valence electrons. The van der Waals surface area contributed by atoms with E-state index in [0.29, 0.717) is 11.8 Å². The Labute approximate surface area is 62.5 Å². The fourth-order valence-corrected chi connectivity index (χ4v) is 2.90. The fourth-order valence-electron chi connectivity index (χ4n) is 1.38. The number of sulfone groups is 1. The Balaban J connectivity index is 2.55. The summed E-state index contributed by atoms with van der Waals surface area (Å²) in [5.74, 6) is 0.967. The van der Waals surface area contributed by atoms with Crippen LogP contribution in [-0.4, -0.2) is 19.9 Å². The van der Waals surface area contributed by atoms with Gasteiger partial charge in [0.2, 0.25) is 0 Å². The zero-order valence-electron chi connectivity index (χ0n) is 6.66. The highest BCUT2D eigenvalue weighted by atomic mass is 32.2. The maximum atomic E-state index is 10.9. The lowest BCUT2D eigenvalue weighted by Gasteiger charge is -2.00. The highest BCUT2D eigenvalue weighted by Gasteiger charge is 2.46. The van der Waals surface area contributed by atoms with Crippen LogP contribution in [0.5, 0.6) is 0 Å². The van der Waals surface area contributed by atoms with E-state index in [0.717, 1.165) is 6.42 Å². The summed E-state index contributed by atoms with van der Waals surface area (Å²) in [6.45, 7) is 4.16. The molecule has 1 saturated carbocycles. The Morgan fingerprint density at radius 3 is 2.00 bits per heavy atom. The van der Waals surface area contributed by atoms with Crippen LogP contribution in [0.2, 0.25) is 0 Å². The molecule has 1 fully saturated rings.